The summed E-state index contributed by atoms with van der Waals surface area (Å²) >= 11 is 0. The van der Waals surface area contributed by atoms with E-state index in [4.69, 9.17) is 0 Å². The van der Waals surface area contributed by atoms with Crippen LogP contribution in [-0.4, -0.2) is 36.7 Å². The van der Waals surface area contributed by atoms with Crippen LogP contribution in [-0.2, 0) is 14.8 Å². The van der Waals surface area contributed by atoms with Crippen LogP contribution in [0, 0.1) is 19.8 Å². The van der Waals surface area contributed by atoms with Gasteiger partial charge in [-0.3, -0.25) is 4.79 Å². The molecule has 1 aromatic carbocycles. The fourth-order valence-electron chi connectivity index (χ4n) is 3.07. The summed E-state index contributed by atoms with van der Waals surface area (Å²) in [5.41, 5.74) is 1.88. The second kappa shape index (κ2) is 7.55. The average molecular weight is 373 g/mol. The Morgan fingerprint density at radius 1 is 1.19 bits per heavy atom. The number of pyridine rings is 1. The van der Waals surface area contributed by atoms with Gasteiger partial charge in [0.2, 0.25) is 15.9 Å². The van der Waals surface area contributed by atoms with Gasteiger partial charge in [-0.2, -0.15) is 4.31 Å². The number of carbonyl (C=O) groups is 1. The Balaban J connectivity index is 1.73. The highest BCUT2D eigenvalue weighted by Crippen LogP contribution is 2.25. The van der Waals surface area contributed by atoms with E-state index in [-0.39, 0.29) is 23.3 Å². The summed E-state index contributed by atoms with van der Waals surface area (Å²) in [7, 11) is -3.59. The van der Waals surface area contributed by atoms with Crippen molar-refractivity contribution in [3.63, 3.8) is 0 Å². The van der Waals surface area contributed by atoms with Gasteiger partial charge in [-0.25, -0.2) is 13.4 Å². The molecule has 0 bridgehead atoms. The van der Waals surface area contributed by atoms with Gasteiger partial charge >= 0.3 is 0 Å². The van der Waals surface area contributed by atoms with Crippen LogP contribution in [0.15, 0.2) is 47.5 Å². The lowest BCUT2D eigenvalue weighted by atomic mass is 9.99. The van der Waals surface area contributed by atoms with E-state index in [0.717, 1.165) is 11.1 Å². The lowest BCUT2D eigenvalue weighted by Crippen LogP contribution is -2.43. The summed E-state index contributed by atoms with van der Waals surface area (Å²) in [5, 5.41) is 2.83. The smallest absolute Gasteiger partial charge is 0.243 e. The minimum Gasteiger partial charge on any atom is -0.310 e. The number of hydrogen-bond acceptors (Lipinski definition) is 4. The van der Waals surface area contributed by atoms with Crippen molar-refractivity contribution in [2.75, 3.05) is 18.4 Å². The predicted octanol–water partition coefficient (Wildman–Crippen LogP) is 2.74. The molecule has 1 aliphatic rings. The zero-order chi connectivity index (χ0) is 18.7. The van der Waals surface area contributed by atoms with Gasteiger partial charge in [0.25, 0.3) is 0 Å². The van der Waals surface area contributed by atoms with Crippen LogP contribution in [0.2, 0.25) is 0 Å². The van der Waals surface area contributed by atoms with Crippen LogP contribution in [0.3, 0.4) is 0 Å². The van der Waals surface area contributed by atoms with Crippen LogP contribution in [0.25, 0.3) is 0 Å². The van der Waals surface area contributed by atoms with E-state index in [9.17, 15) is 13.2 Å². The van der Waals surface area contributed by atoms with Crippen LogP contribution < -0.4 is 5.32 Å². The monoisotopic (exact) mass is 373 g/mol. The van der Waals surface area contributed by atoms with Crippen molar-refractivity contribution in [2.45, 2.75) is 31.6 Å². The van der Waals surface area contributed by atoms with Crippen molar-refractivity contribution in [3.8, 4) is 0 Å². The van der Waals surface area contributed by atoms with Gasteiger partial charge in [0, 0.05) is 19.3 Å². The first-order valence-corrected chi connectivity index (χ1v) is 10.1. The average Bonchev–Trinajstić information content (AvgIpc) is 2.64. The van der Waals surface area contributed by atoms with Crippen molar-refractivity contribution in [1.82, 2.24) is 9.29 Å². The number of nitrogens with zero attached hydrogens (tertiary/aromatic N) is 2. The zero-order valence-corrected chi connectivity index (χ0v) is 15.8. The summed E-state index contributed by atoms with van der Waals surface area (Å²) in [4.78, 5) is 17.0. The maximum Gasteiger partial charge on any atom is 0.243 e. The number of carbonyl (C=O) groups excluding carboxylic acids is 1. The minimum absolute atomic E-state index is 0.185. The molecule has 1 amide bonds. The van der Waals surface area contributed by atoms with Crippen LogP contribution >= 0.6 is 0 Å². The summed E-state index contributed by atoms with van der Waals surface area (Å²) in [6, 6.07) is 10.5. The van der Waals surface area contributed by atoms with Crippen molar-refractivity contribution in [1.29, 1.82) is 0 Å². The summed E-state index contributed by atoms with van der Waals surface area (Å²) in [6.45, 7) is 4.41. The number of nitrogens with one attached hydrogen (secondary N) is 1. The van der Waals surface area contributed by atoms with Crippen molar-refractivity contribution in [2.24, 2.45) is 5.92 Å². The molecule has 0 saturated carbocycles. The molecule has 3 rings (SSSR count). The van der Waals surface area contributed by atoms with Crippen molar-refractivity contribution in [3.05, 3.63) is 53.7 Å². The quantitative estimate of drug-likeness (QED) is 0.894. The third-order valence-electron chi connectivity index (χ3n) is 4.66. The Hall–Kier alpha value is -2.25. The molecule has 2 heterocycles. The number of rotatable bonds is 4. The number of hydrogen-bond donors (Lipinski definition) is 1. The number of aryl methyl sites for hydroxylation is 2. The molecular formula is C19H23N3O3S. The molecule has 0 spiro atoms. The Kier molecular flexibility index (Phi) is 5.38. The van der Waals surface area contributed by atoms with E-state index in [1.54, 1.807) is 30.5 Å². The Morgan fingerprint density at radius 2 is 1.92 bits per heavy atom. The summed E-state index contributed by atoms with van der Waals surface area (Å²) in [6.07, 6.45) is 2.94. The molecule has 1 fully saturated rings. The number of anilines is 1. The van der Waals surface area contributed by atoms with Gasteiger partial charge in [-0.05, 0) is 50.5 Å². The first-order valence-electron chi connectivity index (χ1n) is 8.67. The molecule has 1 N–H and O–H groups in total. The lowest BCUT2D eigenvalue weighted by molar-refractivity contribution is -0.120. The SMILES string of the molecule is Cc1ccc(S(=O)(=O)N2CCC[C@@H](C(=O)Nc3ncccc3C)C2)cc1. The highest BCUT2D eigenvalue weighted by molar-refractivity contribution is 7.89. The first-order chi connectivity index (χ1) is 12.4. The Morgan fingerprint density at radius 3 is 2.62 bits per heavy atom. The van der Waals surface area contributed by atoms with E-state index in [0.29, 0.717) is 25.2 Å². The van der Waals surface area contributed by atoms with E-state index < -0.39 is 10.0 Å². The standard InChI is InChI=1S/C19H23N3O3S/c1-14-7-9-17(10-8-14)26(24,25)22-12-4-6-16(13-22)19(23)21-18-15(2)5-3-11-20-18/h3,5,7-11,16H,4,6,12-13H2,1-2H3,(H,20,21,23)/t16-/m1/s1. The fraction of sp³-hybridized carbons (Fsp3) is 0.368. The third kappa shape index (κ3) is 3.94. The predicted molar refractivity (Wildman–Crippen MR) is 100 cm³/mol. The molecule has 0 unspecified atom stereocenters. The summed E-state index contributed by atoms with van der Waals surface area (Å²) in [5.74, 6) is -0.0444. The second-order valence-corrected chi connectivity index (χ2v) is 8.61. The molecule has 7 heteroatoms. The van der Waals surface area contributed by atoms with Gasteiger partial charge in [0.1, 0.15) is 5.82 Å². The minimum atomic E-state index is -3.59. The molecule has 1 atom stereocenters. The molecule has 0 radical (unpaired) electrons. The van der Waals surface area contributed by atoms with Gasteiger partial charge < -0.3 is 5.32 Å². The molecule has 138 valence electrons. The molecule has 26 heavy (non-hydrogen) atoms. The summed E-state index contributed by atoms with van der Waals surface area (Å²) < 4.78 is 27.1. The molecule has 2 aromatic rings. The zero-order valence-electron chi connectivity index (χ0n) is 15.0. The number of benzene rings is 1. The molecule has 0 aliphatic carbocycles. The number of sulfonamides is 1. The van der Waals surface area contributed by atoms with Crippen LogP contribution in [0.5, 0.6) is 0 Å². The Bertz CT molecular complexity index is 895. The van der Waals surface area contributed by atoms with Gasteiger partial charge in [-0.15, -0.1) is 0 Å². The van der Waals surface area contributed by atoms with Gasteiger partial charge in [0.15, 0.2) is 0 Å². The second-order valence-electron chi connectivity index (χ2n) is 6.67. The Labute approximate surface area is 154 Å². The van der Waals surface area contributed by atoms with E-state index in [1.807, 2.05) is 26.0 Å². The molecule has 1 aromatic heterocycles. The molecule has 1 saturated heterocycles. The fourth-order valence-corrected chi connectivity index (χ4v) is 4.59. The largest absolute Gasteiger partial charge is 0.310 e. The van der Waals surface area contributed by atoms with Crippen molar-refractivity contribution < 1.29 is 13.2 Å². The van der Waals surface area contributed by atoms with E-state index >= 15 is 0 Å². The maximum atomic E-state index is 12.9. The number of amides is 1. The number of aromatic nitrogens is 1. The van der Waals surface area contributed by atoms with Crippen molar-refractivity contribution >= 4 is 21.7 Å². The normalized spacial score (nSPS) is 18.5. The highest BCUT2D eigenvalue weighted by atomic mass is 32.2. The van der Waals surface area contributed by atoms with Crippen LogP contribution in [0.4, 0.5) is 5.82 Å². The van der Waals surface area contributed by atoms with E-state index in [2.05, 4.69) is 10.3 Å². The highest BCUT2D eigenvalue weighted by Gasteiger charge is 2.33. The van der Waals surface area contributed by atoms with Gasteiger partial charge in [-0.1, -0.05) is 23.8 Å². The molecule has 1 aliphatic heterocycles. The molecular weight excluding hydrogens is 350 g/mol. The number of piperidine rings is 1. The maximum absolute atomic E-state index is 12.9. The third-order valence-corrected chi connectivity index (χ3v) is 6.54. The topological polar surface area (TPSA) is 79.4 Å². The lowest BCUT2D eigenvalue weighted by Gasteiger charge is -2.31. The first kappa shape index (κ1) is 18.5. The van der Waals surface area contributed by atoms with Gasteiger partial charge in [0.05, 0.1) is 10.8 Å². The van der Waals surface area contributed by atoms with Crippen LogP contribution in [0.1, 0.15) is 24.0 Å². The molecule has 6 nitrogen and oxygen atoms in total. The van der Waals surface area contributed by atoms with E-state index in [1.165, 1.54) is 4.31 Å².